The first-order chi connectivity index (χ1) is 12.0. The molecule has 25 heavy (non-hydrogen) atoms. The molecule has 128 valence electrons. The summed E-state index contributed by atoms with van der Waals surface area (Å²) >= 11 is 6.44. The van der Waals surface area contributed by atoms with Crippen molar-refractivity contribution in [3.63, 3.8) is 0 Å². The summed E-state index contributed by atoms with van der Waals surface area (Å²) in [5, 5.41) is 15.4. The fourth-order valence-electron chi connectivity index (χ4n) is 4.11. The van der Waals surface area contributed by atoms with Crippen LogP contribution in [0, 0.1) is 29.9 Å². The molecule has 1 aliphatic carbocycles. The van der Waals surface area contributed by atoms with Crippen molar-refractivity contribution < 1.29 is 4.92 Å². The average molecular weight is 355 g/mol. The number of rotatable bonds is 2. The Morgan fingerprint density at radius 2 is 2.00 bits per heavy atom. The number of aryl methyl sites for hydroxylation is 1. The van der Waals surface area contributed by atoms with Gasteiger partial charge >= 0.3 is 0 Å². The molecule has 0 bridgehead atoms. The van der Waals surface area contributed by atoms with E-state index in [2.05, 4.69) is 43.4 Å². The summed E-state index contributed by atoms with van der Waals surface area (Å²) in [6.45, 7) is 4.22. The Bertz CT molecular complexity index is 907. The third-order valence-corrected chi connectivity index (χ3v) is 5.94. The van der Waals surface area contributed by atoms with Gasteiger partial charge in [0, 0.05) is 34.3 Å². The molecule has 1 heterocycles. The van der Waals surface area contributed by atoms with Gasteiger partial charge in [0.1, 0.15) is 0 Å². The molecule has 0 aromatic heterocycles. The second-order valence-corrected chi connectivity index (χ2v) is 7.32. The lowest BCUT2D eigenvalue weighted by molar-refractivity contribution is -0.384. The van der Waals surface area contributed by atoms with Gasteiger partial charge in [-0.05, 0) is 48.9 Å². The number of anilines is 1. The highest BCUT2D eigenvalue weighted by Gasteiger charge is 2.39. The Kier molecular flexibility index (Phi) is 3.80. The molecule has 0 saturated heterocycles. The summed E-state index contributed by atoms with van der Waals surface area (Å²) in [5.74, 6) is 0.630. The number of hydrogen-bond donors (Lipinski definition) is 1. The molecular weight excluding hydrogens is 336 g/mol. The van der Waals surface area contributed by atoms with E-state index in [1.54, 1.807) is 12.1 Å². The zero-order valence-corrected chi connectivity index (χ0v) is 14.9. The Balaban J connectivity index is 1.86. The zero-order valence-electron chi connectivity index (χ0n) is 14.1. The smallest absolute Gasteiger partial charge is 0.269 e. The Labute approximate surface area is 151 Å². The molecule has 0 fully saturated rings. The number of nitrogens with one attached hydrogen (secondary N) is 1. The van der Waals surface area contributed by atoms with Crippen molar-refractivity contribution in [3.8, 4) is 0 Å². The molecule has 0 unspecified atom stereocenters. The minimum absolute atomic E-state index is 0.0413. The number of nitro groups is 1. The van der Waals surface area contributed by atoms with E-state index < -0.39 is 0 Å². The summed E-state index contributed by atoms with van der Waals surface area (Å²) in [4.78, 5) is 10.8. The minimum atomic E-state index is -0.365. The minimum Gasteiger partial charge on any atom is -0.377 e. The maximum Gasteiger partial charge on any atom is 0.269 e. The first-order valence-corrected chi connectivity index (χ1v) is 8.82. The van der Waals surface area contributed by atoms with E-state index in [0.29, 0.717) is 16.9 Å². The normalized spacial score (nSPS) is 23.7. The van der Waals surface area contributed by atoms with E-state index in [1.165, 1.54) is 22.8 Å². The quantitative estimate of drug-likeness (QED) is 0.428. The summed E-state index contributed by atoms with van der Waals surface area (Å²) < 4.78 is 0. The maximum atomic E-state index is 11.2. The van der Waals surface area contributed by atoms with Gasteiger partial charge in [-0.15, -0.1) is 0 Å². The molecule has 2 aromatic rings. The van der Waals surface area contributed by atoms with Gasteiger partial charge in [-0.25, -0.2) is 0 Å². The third-order valence-electron chi connectivity index (χ3n) is 5.59. The Hall–Kier alpha value is -2.33. The van der Waals surface area contributed by atoms with Crippen LogP contribution in [0.4, 0.5) is 11.4 Å². The van der Waals surface area contributed by atoms with E-state index >= 15 is 0 Å². The second-order valence-electron chi connectivity index (χ2n) is 6.91. The van der Waals surface area contributed by atoms with Crippen molar-refractivity contribution in [2.24, 2.45) is 5.92 Å². The van der Waals surface area contributed by atoms with E-state index in [1.807, 2.05) is 0 Å². The van der Waals surface area contributed by atoms with Gasteiger partial charge in [0.2, 0.25) is 0 Å². The highest BCUT2D eigenvalue weighted by atomic mass is 35.5. The topological polar surface area (TPSA) is 55.2 Å². The highest BCUT2D eigenvalue weighted by molar-refractivity contribution is 6.31. The van der Waals surface area contributed by atoms with Gasteiger partial charge in [-0.1, -0.05) is 35.9 Å². The zero-order chi connectivity index (χ0) is 17.7. The second kappa shape index (κ2) is 5.88. The molecule has 1 N–H and O–H groups in total. The lowest BCUT2D eigenvalue weighted by Gasteiger charge is -2.39. The fourth-order valence-corrected chi connectivity index (χ4v) is 4.34. The molecule has 0 amide bonds. The summed E-state index contributed by atoms with van der Waals surface area (Å²) in [7, 11) is 0. The van der Waals surface area contributed by atoms with Gasteiger partial charge in [-0.3, -0.25) is 10.1 Å². The van der Waals surface area contributed by atoms with Crippen LogP contribution in [0.3, 0.4) is 0 Å². The first-order valence-electron chi connectivity index (χ1n) is 8.44. The van der Waals surface area contributed by atoms with Crippen molar-refractivity contribution in [1.82, 2.24) is 0 Å². The molecule has 1 aliphatic heterocycles. The van der Waals surface area contributed by atoms with Crippen LogP contribution in [0.15, 0.2) is 42.5 Å². The largest absolute Gasteiger partial charge is 0.377 e. The van der Waals surface area contributed by atoms with Crippen molar-refractivity contribution in [2.75, 3.05) is 5.32 Å². The van der Waals surface area contributed by atoms with Crippen LogP contribution in [0.1, 0.15) is 40.6 Å². The molecule has 0 saturated carbocycles. The van der Waals surface area contributed by atoms with Crippen molar-refractivity contribution in [1.29, 1.82) is 0 Å². The summed E-state index contributed by atoms with van der Waals surface area (Å²) in [6.07, 6.45) is 5.41. The van der Waals surface area contributed by atoms with Gasteiger partial charge in [-0.2, -0.15) is 0 Å². The first kappa shape index (κ1) is 16.2. The highest BCUT2D eigenvalue weighted by Crippen LogP contribution is 2.52. The van der Waals surface area contributed by atoms with Crippen molar-refractivity contribution in [3.05, 3.63) is 79.9 Å². The number of non-ortho nitro benzene ring substituents is 1. The molecular formula is C20H19ClN2O2. The lowest BCUT2D eigenvalue weighted by Crippen LogP contribution is -2.30. The summed E-state index contributed by atoms with van der Waals surface area (Å²) in [6, 6.07) is 9.03. The number of benzene rings is 2. The third kappa shape index (κ3) is 2.52. The molecule has 4 rings (SSSR count). The van der Waals surface area contributed by atoms with Crippen LogP contribution >= 0.6 is 11.6 Å². The van der Waals surface area contributed by atoms with E-state index in [4.69, 9.17) is 11.6 Å². The summed E-state index contributed by atoms with van der Waals surface area (Å²) in [5.41, 5.74) is 5.79. The van der Waals surface area contributed by atoms with Crippen LogP contribution in [0.2, 0.25) is 5.02 Å². The van der Waals surface area contributed by atoms with E-state index in [9.17, 15) is 10.1 Å². The van der Waals surface area contributed by atoms with Gasteiger partial charge in [0.25, 0.3) is 5.69 Å². The van der Waals surface area contributed by atoms with Crippen molar-refractivity contribution >= 4 is 23.0 Å². The number of hydrogen-bond acceptors (Lipinski definition) is 3. The van der Waals surface area contributed by atoms with Gasteiger partial charge in [0.05, 0.1) is 11.0 Å². The standard InChI is InChI=1S/C20H19ClN2O2/c1-11-6-8-16-14-4-3-5-15(14)20(22-19(16)12(11)2)17-10-13(23(24)25)7-9-18(17)21/h3-4,6-10,14-15,20,22H,5H2,1-2H3/t14-,15+,20-/m1/s1. The lowest BCUT2D eigenvalue weighted by atomic mass is 9.76. The van der Waals surface area contributed by atoms with Crippen LogP contribution in [0.5, 0.6) is 0 Å². The van der Waals surface area contributed by atoms with Gasteiger partial charge in [0.15, 0.2) is 0 Å². The van der Waals surface area contributed by atoms with Crippen LogP contribution in [0.25, 0.3) is 0 Å². The average Bonchev–Trinajstić information content (AvgIpc) is 3.07. The molecule has 0 spiro atoms. The predicted molar refractivity (Wildman–Crippen MR) is 100 cm³/mol. The number of nitro benzene ring substituents is 1. The van der Waals surface area contributed by atoms with Gasteiger partial charge < -0.3 is 5.32 Å². The number of allylic oxidation sites excluding steroid dienone is 2. The predicted octanol–water partition coefficient (Wildman–Crippen LogP) is 5.69. The Morgan fingerprint density at radius 3 is 2.76 bits per heavy atom. The maximum absolute atomic E-state index is 11.2. The van der Waals surface area contributed by atoms with Crippen LogP contribution < -0.4 is 5.32 Å². The number of fused-ring (bicyclic) bond motifs is 3. The van der Waals surface area contributed by atoms with Crippen LogP contribution in [-0.2, 0) is 0 Å². The Morgan fingerprint density at radius 1 is 1.20 bits per heavy atom. The molecule has 0 radical (unpaired) electrons. The fraction of sp³-hybridized carbons (Fsp3) is 0.300. The van der Waals surface area contributed by atoms with E-state index in [0.717, 1.165) is 17.7 Å². The van der Waals surface area contributed by atoms with Crippen molar-refractivity contribution in [2.45, 2.75) is 32.2 Å². The molecule has 2 aromatic carbocycles. The molecule has 4 nitrogen and oxygen atoms in total. The SMILES string of the molecule is Cc1ccc2c(c1C)N[C@@H](c1cc([N+](=O)[O-])ccc1Cl)[C@H]1CC=C[C@@H]21. The van der Waals surface area contributed by atoms with Crippen LogP contribution in [-0.4, -0.2) is 4.92 Å². The monoisotopic (exact) mass is 354 g/mol. The number of halogens is 1. The van der Waals surface area contributed by atoms with E-state index in [-0.39, 0.29) is 16.7 Å². The molecule has 2 aliphatic rings. The molecule has 5 heteroatoms. The number of nitrogens with zero attached hydrogens (tertiary/aromatic N) is 1. The molecule has 3 atom stereocenters.